The molecule has 0 radical (unpaired) electrons. The molecule has 7 nitrogen and oxygen atoms in total. The molecule has 0 saturated carbocycles. The minimum Gasteiger partial charge on any atom is -0.315 e. The van der Waals surface area contributed by atoms with Gasteiger partial charge in [-0.3, -0.25) is 4.57 Å². The first-order chi connectivity index (χ1) is 13.0. The fourth-order valence-electron chi connectivity index (χ4n) is 3.44. The molecular formula is C20H30N6O. The van der Waals surface area contributed by atoms with Gasteiger partial charge in [0, 0.05) is 13.1 Å². The Kier molecular flexibility index (Phi) is 6.19. The third-order valence-electron chi connectivity index (χ3n) is 5.30. The van der Waals surface area contributed by atoms with Crippen LogP contribution in [-0.2, 0) is 13.1 Å². The van der Waals surface area contributed by atoms with Crippen molar-refractivity contribution in [2.75, 3.05) is 0 Å². The van der Waals surface area contributed by atoms with Gasteiger partial charge in [0.25, 0.3) is 0 Å². The van der Waals surface area contributed by atoms with Crippen LogP contribution < -0.4 is 5.69 Å². The fourth-order valence-corrected chi connectivity index (χ4v) is 3.44. The summed E-state index contributed by atoms with van der Waals surface area (Å²) in [6.45, 7) is 10.2. The summed E-state index contributed by atoms with van der Waals surface area (Å²) in [4.78, 5) is 30.1. The van der Waals surface area contributed by atoms with Gasteiger partial charge in [-0.05, 0) is 18.3 Å². The van der Waals surface area contributed by atoms with E-state index in [-0.39, 0.29) is 5.69 Å². The summed E-state index contributed by atoms with van der Waals surface area (Å²) in [6.07, 6.45) is 9.28. The van der Waals surface area contributed by atoms with E-state index in [1.165, 1.54) is 32.0 Å². The minimum absolute atomic E-state index is 0.257. The van der Waals surface area contributed by atoms with E-state index in [1.54, 1.807) is 4.57 Å². The maximum Gasteiger partial charge on any atom is 0.350 e. The summed E-state index contributed by atoms with van der Waals surface area (Å²) in [5.41, 5.74) is 1.69. The van der Waals surface area contributed by atoms with Crippen LogP contribution in [0.1, 0.15) is 59.8 Å². The molecule has 2 aliphatic heterocycles. The maximum atomic E-state index is 12.4. The van der Waals surface area contributed by atoms with E-state index < -0.39 is 0 Å². The van der Waals surface area contributed by atoms with E-state index in [1.807, 2.05) is 6.33 Å². The molecule has 0 N–H and O–H groups in total. The molecule has 0 fully saturated rings. The van der Waals surface area contributed by atoms with E-state index in [0.29, 0.717) is 35.4 Å². The van der Waals surface area contributed by atoms with Crippen molar-refractivity contribution in [1.82, 2.24) is 29.1 Å². The Balaban J connectivity index is 1.93. The number of unbranched alkanes of at least 4 members (excludes halogenated alkanes) is 2. The van der Waals surface area contributed by atoms with Gasteiger partial charge in [-0.1, -0.05) is 53.4 Å². The molecule has 0 spiro atoms. The Morgan fingerprint density at radius 3 is 2.59 bits per heavy atom. The van der Waals surface area contributed by atoms with Crippen LogP contribution >= 0.6 is 0 Å². The van der Waals surface area contributed by atoms with Crippen LogP contribution in [0.3, 0.4) is 0 Å². The highest BCUT2D eigenvalue weighted by Gasteiger charge is 2.22. The van der Waals surface area contributed by atoms with Gasteiger partial charge in [0.1, 0.15) is 17.5 Å². The van der Waals surface area contributed by atoms with Crippen molar-refractivity contribution in [2.24, 2.45) is 11.8 Å². The lowest BCUT2D eigenvalue weighted by Crippen LogP contribution is -2.20. The molecule has 146 valence electrons. The standard InChI is InChI=1S/C20H30N6O/c1-5-7-8-9-15(4)10-25-13-23-16-17-19(22-12-21-18(16)25)26(20(27)24-17)11-14(3)6-2/h12-15H,5-11H2,1-4H3. The molecule has 2 unspecified atom stereocenters. The molecule has 2 atom stereocenters. The average Bonchev–Trinajstić information content (AvgIpc) is 3.11. The SMILES string of the molecule is CCCCCC(C)Cn1cnc2c3nc(=O)n(CC(C)CC)c-3ncnc21. The zero-order valence-corrected chi connectivity index (χ0v) is 16.9. The average molecular weight is 371 g/mol. The van der Waals surface area contributed by atoms with E-state index in [4.69, 9.17) is 0 Å². The topological polar surface area (TPSA) is 78.5 Å². The molecule has 3 rings (SSSR count). The number of fused-ring (bicyclic) bond motifs is 3. The third-order valence-corrected chi connectivity index (χ3v) is 5.30. The third kappa shape index (κ3) is 4.17. The quantitative estimate of drug-likeness (QED) is 0.536. The fraction of sp³-hybridized carbons (Fsp3) is 0.650. The van der Waals surface area contributed by atoms with Crippen LogP contribution in [0.25, 0.3) is 22.7 Å². The lowest BCUT2D eigenvalue weighted by atomic mass is 10.0. The monoisotopic (exact) mass is 370 g/mol. The summed E-state index contributed by atoms with van der Waals surface area (Å²) in [7, 11) is 0. The van der Waals surface area contributed by atoms with Gasteiger partial charge in [0.05, 0.1) is 6.33 Å². The molecule has 0 aliphatic carbocycles. The van der Waals surface area contributed by atoms with Crippen molar-refractivity contribution < 1.29 is 0 Å². The van der Waals surface area contributed by atoms with Crippen LogP contribution in [0.15, 0.2) is 17.4 Å². The van der Waals surface area contributed by atoms with Gasteiger partial charge in [0.2, 0.25) is 0 Å². The minimum atomic E-state index is -0.257. The van der Waals surface area contributed by atoms with Crippen LogP contribution in [0.2, 0.25) is 0 Å². The van der Waals surface area contributed by atoms with Crippen LogP contribution in [0, 0.1) is 11.8 Å². The van der Waals surface area contributed by atoms with Gasteiger partial charge in [-0.15, -0.1) is 0 Å². The predicted octanol–water partition coefficient (Wildman–Crippen LogP) is 3.75. The van der Waals surface area contributed by atoms with Crippen molar-refractivity contribution in [3.8, 4) is 11.5 Å². The first kappa shape index (κ1) is 19.5. The van der Waals surface area contributed by atoms with Gasteiger partial charge in [-0.25, -0.2) is 19.7 Å². The molecule has 0 amide bonds. The first-order valence-electron chi connectivity index (χ1n) is 10.1. The number of aromatic nitrogens is 6. The molecule has 1 aromatic heterocycles. The molecule has 0 bridgehead atoms. The second-order valence-electron chi connectivity index (χ2n) is 7.73. The van der Waals surface area contributed by atoms with Crippen LogP contribution in [0.4, 0.5) is 0 Å². The lowest BCUT2D eigenvalue weighted by molar-refractivity contribution is 0.434. The Hall–Kier alpha value is -2.31. The van der Waals surface area contributed by atoms with Gasteiger partial charge in [0.15, 0.2) is 11.5 Å². The molecule has 3 heterocycles. The van der Waals surface area contributed by atoms with E-state index in [9.17, 15) is 4.79 Å². The number of hydrogen-bond donors (Lipinski definition) is 0. The normalized spacial score (nSPS) is 14.1. The van der Waals surface area contributed by atoms with Gasteiger partial charge in [-0.2, -0.15) is 4.98 Å². The van der Waals surface area contributed by atoms with Crippen molar-refractivity contribution in [3.05, 3.63) is 23.1 Å². The zero-order chi connectivity index (χ0) is 19.4. The first-order valence-corrected chi connectivity index (χ1v) is 10.1. The van der Waals surface area contributed by atoms with Crippen molar-refractivity contribution in [3.63, 3.8) is 0 Å². The van der Waals surface area contributed by atoms with Crippen LogP contribution in [-0.4, -0.2) is 29.1 Å². The van der Waals surface area contributed by atoms with E-state index in [0.717, 1.165) is 18.6 Å². The summed E-state index contributed by atoms with van der Waals surface area (Å²) in [5.74, 6) is 1.50. The number of imidazole rings is 2. The molecule has 0 saturated heterocycles. The second kappa shape index (κ2) is 8.59. The Labute approximate surface area is 160 Å². The van der Waals surface area contributed by atoms with Gasteiger partial charge < -0.3 is 4.57 Å². The zero-order valence-electron chi connectivity index (χ0n) is 16.9. The molecule has 7 heteroatoms. The number of rotatable bonds is 9. The highest BCUT2D eigenvalue weighted by atomic mass is 16.1. The second-order valence-corrected chi connectivity index (χ2v) is 7.73. The summed E-state index contributed by atoms with van der Waals surface area (Å²) >= 11 is 0. The molecule has 27 heavy (non-hydrogen) atoms. The molecular weight excluding hydrogens is 340 g/mol. The van der Waals surface area contributed by atoms with E-state index >= 15 is 0 Å². The summed E-state index contributed by atoms with van der Waals surface area (Å²) in [6, 6.07) is 0. The Morgan fingerprint density at radius 2 is 1.85 bits per heavy atom. The number of hydrogen-bond acceptors (Lipinski definition) is 5. The van der Waals surface area contributed by atoms with Crippen molar-refractivity contribution in [2.45, 2.75) is 72.9 Å². The lowest BCUT2D eigenvalue weighted by Gasteiger charge is -2.11. The molecule has 2 aliphatic rings. The summed E-state index contributed by atoms with van der Waals surface area (Å²) in [5, 5.41) is 0. The van der Waals surface area contributed by atoms with E-state index in [2.05, 4.69) is 52.2 Å². The summed E-state index contributed by atoms with van der Waals surface area (Å²) < 4.78 is 3.71. The maximum absolute atomic E-state index is 12.4. The number of nitrogens with zero attached hydrogens (tertiary/aromatic N) is 6. The Bertz CT molecular complexity index is 915. The Morgan fingerprint density at radius 1 is 1.04 bits per heavy atom. The van der Waals surface area contributed by atoms with Crippen LogP contribution in [0.5, 0.6) is 0 Å². The largest absolute Gasteiger partial charge is 0.350 e. The molecule has 0 aromatic carbocycles. The van der Waals surface area contributed by atoms with Gasteiger partial charge >= 0.3 is 5.69 Å². The van der Waals surface area contributed by atoms with Crippen molar-refractivity contribution in [1.29, 1.82) is 0 Å². The molecule has 1 aromatic rings. The predicted molar refractivity (Wildman–Crippen MR) is 107 cm³/mol. The van der Waals surface area contributed by atoms with Crippen molar-refractivity contribution >= 4 is 11.2 Å². The smallest absolute Gasteiger partial charge is 0.315 e. The highest BCUT2D eigenvalue weighted by molar-refractivity contribution is 5.84. The highest BCUT2D eigenvalue weighted by Crippen LogP contribution is 2.24.